The topological polar surface area (TPSA) is 29.1 Å². The van der Waals surface area contributed by atoms with E-state index >= 15 is 0 Å². The van der Waals surface area contributed by atoms with Crippen molar-refractivity contribution in [2.75, 3.05) is 0 Å². The fourth-order valence-electron chi connectivity index (χ4n) is 1.57. The minimum atomic E-state index is 0.149. The first-order valence-electron chi connectivity index (χ1n) is 5.96. The SMILES string of the molecule is CCC(C)NC(=O)CCc1cccc(C)c1. The van der Waals surface area contributed by atoms with Crippen LogP contribution >= 0.6 is 0 Å². The fraction of sp³-hybridized carbons (Fsp3) is 0.500. The molecule has 1 amide bonds. The summed E-state index contributed by atoms with van der Waals surface area (Å²) >= 11 is 0. The predicted octanol–water partition coefficient (Wildman–Crippen LogP) is 2.84. The van der Waals surface area contributed by atoms with E-state index in [4.69, 9.17) is 0 Å². The van der Waals surface area contributed by atoms with Crippen molar-refractivity contribution in [3.63, 3.8) is 0 Å². The Balaban J connectivity index is 2.37. The molecule has 0 aromatic heterocycles. The number of hydrogen-bond donors (Lipinski definition) is 1. The third kappa shape index (κ3) is 4.47. The fourth-order valence-corrected chi connectivity index (χ4v) is 1.57. The van der Waals surface area contributed by atoms with Gasteiger partial charge in [-0.25, -0.2) is 0 Å². The molecule has 0 radical (unpaired) electrons. The second-order valence-corrected chi connectivity index (χ2v) is 4.37. The molecule has 1 aromatic carbocycles. The monoisotopic (exact) mass is 219 g/mol. The minimum Gasteiger partial charge on any atom is -0.354 e. The Kier molecular flexibility index (Phi) is 5.03. The van der Waals surface area contributed by atoms with Gasteiger partial charge in [-0.15, -0.1) is 0 Å². The van der Waals surface area contributed by atoms with Crippen molar-refractivity contribution in [3.05, 3.63) is 35.4 Å². The first kappa shape index (κ1) is 12.8. The molecule has 1 atom stereocenters. The highest BCUT2D eigenvalue weighted by molar-refractivity contribution is 5.76. The van der Waals surface area contributed by atoms with Gasteiger partial charge in [0.25, 0.3) is 0 Å². The number of carbonyl (C=O) groups excluding carboxylic acids is 1. The van der Waals surface area contributed by atoms with Gasteiger partial charge in [-0.2, -0.15) is 0 Å². The summed E-state index contributed by atoms with van der Waals surface area (Å²) in [6.45, 7) is 6.18. The standard InChI is InChI=1S/C14H21NO/c1-4-12(3)15-14(16)9-8-13-7-5-6-11(2)10-13/h5-7,10,12H,4,8-9H2,1-3H3,(H,15,16). The van der Waals surface area contributed by atoms with Crippen LogP contribution in [0.4, 0.5) is 0 Å². The Morgan fingerprint density at radius 2 is 2.19 bits per heavy atom. The zero-order valence-electron chi connectivity index (χ0n) is 10.4. The Hall–Kier alpha value is -1.31. The van der Waals surface area contributed by atoms with Crippen LogP contribution in [0, 0.1) is 6.92 Å². The van der Waals surface area contributed by atoms with Crippen LogP contribution in [0.3, 0.4) is 0 Å². The van der Waals surface area contributed by atoms with Gasteiger partial charge in [-0.1, -0.05) is 36.8 Å². The quantitative estimate of drug-likeness (QED) is 0.810. The molecule has 2 heteroatoms. The molecule has 0 fully saturated rings. The number of hydrogen-bond acceptors (Lipinski definition) is 1. The molecule has 1 rings (SSSR count). The van der Waals surface area contributed by atoms with Gasteiger partial charge in [-0.3, -0.25) is 4.79 Å². The van der Waals surface area contributed by atoms with Gasteiger partial charge in [0, 0.05) is 12.5 Å². The lowest BCUT2D eigenvalue weighted by molar-refractivity contribution is -0.121. The number of rotatable bonds is 5. The molecular weight excluding hydrogens is 198 g/mol. The molecule has 1 N–H and O–H groups in total. The molecule has 0 saturated carbocycles. The molecular formula is C14H21NO. The third-order valence-electron chi connectivity index (χ3n) is 2.74. The summed E-state index contributed by atoms with van der Waals surface area (Å²) in [7, 11) is 0. The van der Waals surface area contributed by atoms with Gasteiger partial charge >= 0.3 is 0 Å². The van der Waals surface area contributed by atoms with E-state index < -0.39 is 0 Å². The van der Waals surface area contributed by atoms with Crippen LogP contribution in [0.25, 0.3) is 0 Å². The molecule has 2 nitrogen and oxygen atoms in total. The molecule has 0 spiro atoms. The molecule has 0 aliphatic heterocycles. The number of aryl methyl sites for hydroxylation is 2. The van der Waals surface area contributed by atoms with Crippen molar-refractivity contribution in [3.8, 4) is 0 Å². The van der Waals surface area contributed by atoms with E-state index in [9.17, 15) is 4.79 Å². The lowest BCUT2D eigenvalue weighted by Gasteiger charge is -2.11. The van der Waals surface area contributed by atoms with Gasteiger partial charge in [0.2, 0.25) is 5.91 Å². The highest BCUT2D eigenvalue weighted by Crippen LogP contribution is 2.06. The van der Waals surface area contributed by atoms with Crippen molar-refractivity contribution in [1.29, 1.82) is 0 Å². The average molecular weight is 219 g/mol. The first-order chi connectivity index (χ1) is 7.61. The molecule has 1 aromatic rings. The highest BCUT2D eigenvalue weighted by Gasteiger charge is 2.05. The Labute approximate surface area is 98.1 Å². The molecule has 0 bridgehead atoms. The largest absolute Gasteiger partial charge is 0.354 e. The number of nitrogens with one attached hydrogen (secondary N) is 1. The Bertz CT molecular complexity index is 346. The van der Waals surface area contributed by atoms with Crippen molar-refractivity contribution in [2.24, 2.45) is 0 Å². The zero-order chi connectivity index (χ0) is 12.0. The molecule has 0 aliphatic rings. The van der Waals surface area contributed by atoms with E-state index in [2.05, 4.69) is 37.4 Å². The summed E-state index contributed by atoms with van der Waals surface area (Å²) in [5.41, 5.74) is 2.49. The summed E-state index contributed by atoms with van der Waals surface area (Å²) in [6.07, 6.45) is 2.38. The molecule has 0 heterocycles. The van der Waals surface area contributed by atoms with Gasteiger partial charge in [0.05, 0.1) is 0 Å². The van der Waals surface area contributed by atoms with Gasteiger partial charge < -0.3 is 5.32 Å². The van der Waals surface area contributed by atoms with Gasteiger partial charge in [0.1, 0.15) is 0 Å². The maximum atomic E-state index is 11.6. The van der Waals surface area contributed by atoms with Crippen LogP contribution in [0.5, 0.6) is 0 Å². The van der Waals surface area contributed by atoms with Crippen molar-refractivity contribution in [2.45, 2.75) is 46.1 Å². The van der Waals surface area contributed by atoms with Crippen molar-refractivity contribution >= 4 is 5.91 Å². The third-order valence-corrected chi connectivity index (χ3v) is 2.74. The van der Waals surface area contributed by atoms with E-state index in [1.807, 2.05) is 13.0 Å². The summed E-state index contributed by atoms with van der Waals surface area (Å²) < 4.78 is 0. The normalized spacial score (nSPS) is 12.2. The molecule has 0 saturated heterocycles. The first-order valence-corrected chi connectivity index (χ1v) is 5.96. The van der Waals surface area contributed by atoms with Crippen LogP contribution in [-0.2, 0) is 11.2 Å². The van der Waals surface area contributed by atoms with Gasteiger partial charge in [-0.05, 0) is 32.3 Å². The van der Waals surface area contributed by atoms with E-state index in [1.54, 1.807) is 0 Å². The molecule has 1 unspecified atom stereocenters. The second kappa shape index (κ2) is 6.31. The minimum absolute atomic E-state index is 0.149. The summed E-state index contributed by atoms with van der Waals surface area (Å²) in [5, 5.41) is 2.98. The zero-order valence-corrected chi connectivity index (χ0v) is 10.4. The predicted molar refractivity (Wildman–Crippen MR) is 67.4 cm³/mol. The van der Waals surface area contributed by atoms with E-state index in [0.29, 0.717) is 6.42 Å². The lowest BCUT2D eigenvalue weighted by Crippen LogP contribution is -2.31. The summed E-state index contributed by atoms with van der Waals surface area (Å²) in [6, 6.07) is 8.60. The van der Waals surface area contributed by atoms with E-state index in [0.717, 1.165) is 12.8 Å². The Morgan fingerprint density at radius 1 is 1.44 bits per heavy atom. The van der Waals surface area contributed by atoms with Crippen LogP contribution in [0.15, 0.2) is 24.3 Å². The van der Waals surface area contributed by atoms with Gasteiger partial charge in [0.15, 0.2) is 0 Å². The molecule has 88 valence electrons. The van der Waals surface area contributed by atoms with Crippen LogP contribution < -0.4 is 5.32 Å². The average Bonchev–Trinajstić information content (AvgIpc) is 2.26. The molecule has 0 aliphatic carbocycles. The van der Waals surface area contributed by atoms with E-state index in [1.165, 1.54) is 11.1 Å². The number of carbonyl (C=O) groups is 1. The summed E-state index contributed by atoms with van der Waals surface area (Å²) in [4.78, 5) is 11.6. The molecule has 16 heavy (non-hydrogen) atoms. The Morgan fingerprint density at radius 3 is 2.81 bits per heavy atom. The van der Waals surface area contributed by atoms with Crippen LogP contribution in [0.1, 0.15) is 37.8 Å². The lowest BCUT2D eigenvalue weighted by atomic mass is 10.1. The van der Waals surface area contributed by atoms with E-state index in [-0.39, 0.29) is 11.9 Å². The van der Waals surface area contributed by atoms with Crippen LogP contribution in [0.2, 0.25) is 0 Å². The van der Waals surface area contributed by atoms with Crippen LogP contribution in [-0.4, -0.2) is 11.9 Å². The number of benzene rings is 1. The number of amides is 1. The maximum absolute atomic E-state index is 11.6. The second-order valence-electron chi connectivity index (χ2n) is 4.37. The summed E-state index contributed by atoms with van der Waals surface area (Å²) in [5.74, 6) is 0.149. The van der Waals surface area contributed by atoms with Crippen molar-refractivity contribution in [1.82, 2.24) is 5.32 Å². The van der Waals surface area contributed by atoms with Crippen molar-refractivity contribution < 1.29 is 4.79 Å². The smallest absolute Gasteiger partial charge is 0.220 e. The highest BCUT2D eigenvalue weighted by atomic mass is 16.1. The maximum Gasteiger partial charge on any atom is 0.220 e.